The molecule has 1 aromatic carbocycles. The number of nitrogens with two attached hydrogens (primary N) is 1. The smallest absolute Gasteiger partial charge is 0.243 e. The number of nitrogen functional groups attached to an aromatic ring is 1. The van der Waals surface area contributed by atoms with E-state index in [4.69, 9.17) is 10.5 Å². The van der Waals surface area contributed by atoms with Gasteiger partial charge in [-0.1, -0.05) is 0 Å². The first-order valence-corrected chi connectivity index (χ1v) is 8.10. The van der Waals surface area contributed by atoms with E-state index in [1.54, 1.807) is 5.51 Å². The maximum atomic E-state index is 12.4. The summed E-state index contributed by atoms with van der Waals surface area (Å²) in [4.78, 5) is 4.22. The van der Waals surface area contributed by atoms with Gasteiger partial charge in [0.1, 0.15) is 5.75 Å². The van der Waals surface area contributed by atoms with Crippen LogP contribution in [-0.2, 0) is 16.6 Å². The first-order valence-electron chi connectivity index (χ1n) is 5.72. The van der Waals surface area contributed by atoms with Crippen molar-refractivity contribution in [3.8, 4) is 5.75 Å². The van der Waals surface area contributed by atoms with Crippen LogP contribution in [0.3, 0.4) is 0 Å². The Balaban J connectivity index is 2.29. The van der Waals surface area contributed by atoms with Crippen molar-refractivity contribution in [1.29, 1.82) is 0 Å². The second kappa shape index (κ2) is 5.78. The lowest BCUT2D eigenvalue weighted by Gasteiger charge is -2.17. The van der Waals surface area contributed by atoms with Crippen LogP contribution in [0.25, 0.3) is 0 Å². The average molecular weight is 313 g/mol. The van der Waals surface area contributed by atoms with Crippen molar-refractivity contribution >= 4 is 27.0 Å². The van der Waals surface area contributed by atoms with Gasteiger partial charge in [-0.05, 0) is 12.1 Å². The molecule has 0 spiro atoms. The molecule has 0 unspecified atom stereocenters. The number of nitrogens with zero attached hydrogens (tertiary/aromatic N) is 2. The number of hydrogen-bond acceptors (Lipinski definition) is 6. The molecule has 0 radical (unpaired) electrons. The standard InChI is InChI=1S/C12H15N3O3S2/c1-15(6-9-7-19-8-14-9)20(16,17)10-3-4-11(13)12(5-10)18-2/h3-5,7-8H,6,13H2,1-2H3. The number of thiazole rings is 1. The molecule has 0 saturated heterocycles. The summed E-state index contributed by atoms with van der Waals surface area (Å²) in [6, 6.07) is 4.40. The van der Waals surface area contributed by atoms with Gasteiger partial charge in [0, 0.05) is 18.5 Å². The van der Waals surface area contributed by atoms with Gasteiger partial charge in [-0.25, -0.2) is 13.4 Å². The van der Waals surface area contributed by atoms with E-state index >= 15 is 0 Å². The fourth-order valence-electron chi connectivity index (χ4n) is 1.66. The van der Waals surface area contributed by atoms with E-state index in [-0.39, 0.29) is 11.4 Å². The van der Waals surface area contributed by atoms with Crippen LogP contribution in [0.1, 0.15) is 5.69 Å². The lowest BCUT2D eigenvalue weighted by Crippen LogP contribution is -2.26. The van der Waals surface area contributed by atoms with Crippen molar-refractivity contribution in [2.24, 2.45) is 0 Å². The van der Waals surface area contributed by atoms with Gasteiger partial charge in [0.2, 0.25) is 10.0 Å². The quantitative estimate of drug-likeness (QED) is 0.847. The van der Waals surface area contributed by atoms with Gasteiger partial charge < -0.3 is 10.5 Å². The molecule has 0 amide bonds. The number of sulfonamides is 1. The second-order valence-corrected chi connectivity index (χ2v) is 6.91. The first kappa shape index (κ1) is 14.8. The van der Waals surface area contributed by atoms with E-state index in [0.29, 0.717) is 17.1 Å². The van der Waals surface area contributed by atoms with Gasteiger partial charge in [0.15, 0.2) is 0 Å². The summed E-state index contributed by atoms with van der Waals surface area (Å²) in [5, 5.41) is 1.82. The number of methoxy groups -OCH3 is 1. The van der Waals surface area contributed by atoms with Crippen LogP contribution in [0.4, 0.5) is 5.69 Å². The largest absolute Gasteiger partial charge is 0.495 e. The zero-order valence-corrected chi connectivity index (χ0v) is 12.7. The van der Waals surface area contributed by atoms with Gasteiger partial charge in [-0.15, -0.1) is 11.3 Å². The summed E-state index contributed by atoms with van der Waals surface area (Å²) < 4.78 is 31.2. The Morgan fingerprint density at radius 3 is 2.80 bits per heavy atom. The predicted octanol–water partition coefficient (Wildman–Crippen LogP) is 1.55. The molecule has 1 heterocycles. The van der Waals surface area contributed by atoms with Crippen molar-refractivity contribution in [3.05, 3.63) is 34.8 Å². The normalized spacial score (nSPS) is 11.8. The molecular formula is C12H15N3O3S2. The van der Waals surface area contributed by atoms with Gasteiger partial charge in [0.05, 0.1) is 35.4 Å². The molecule has 2 rings (SSSR count). The third kappa shape index (κ3) is 2.92. The maximum absolute atomic E-state index is 12.4. The third-order valence-electron chi connectivity index (χ3n) is 2.78. The number of ether oxygens (including phenoxy) is 1. The average Bonchev–Trinajstić information content (AvgIpc) is 2.91. The summed E-state index contributed by atoms with van der Waals surface area (Å²) in [5.41, 5.74) is 8.46. The number of hydrogen-bond donors (Lipinski definition) is 1. The van der Waals surface area contributed by atoms with Gasteiger partial charge >= 0.3 is 0 Å². The zero-order chi connectivity index (χ0) is 14.8. The molecule has 0 atom stereocenters. The first-order chi connectivity index (χ1) is 9.45. The minimum absolute atomic E-state index is 0.140. The molecule has 2 aromatic rings. The molecule has 1 aromatic heterocycles. The predicted molar refractivity (Wildman–Crippen MR) is 78.2 cm³/mol. The Kier molecular flexibility index (Phi) is 4.26. The van der Waals surface area contributed by atoms with E-state index in [9.17, 15) is 8.42 Å². The lowest BCUT2D eigenvalue weighted by molar-refractivity contribution is 0.414. The lowest BCUT2D eigenvalue weighted by atomic mass is 10.3. The molecule has 2 N–H and O–H groups in total. The van der Waals surface area contributed by atoms with Crippen LogP contribution in [0, 0.1) is 0 Å². The van der Waals surface area contributed by atoms with Crippen molar-refractivity contribution < 1.29 is 13.2 Å². The van der Waals surface area contributed by atoms with Crippen LogP contribution >= 0.6 is 11.3 Å². The number of anilines is 1. The Morgan fingerprint density at radius 1 is 1.45 bits per heavy atom. The Morgan fingerprint density at radius 2 is 2.20 bits per heavy atom. The topological polar surface area (TPSA) is 85.5 Å². The Labute approximate surface area is 121 Å². The summed E-state index contributed by atoms with van der Waals surface area (Å²) in [6.07, 6.45) is 0. The van der Waals surface area contributed by atoms with Gasteiger partial charge in [-0.3, -0.25) is 0 Å². The summed E-state index contributed by atoms with van der Waals surface area (Å²) >= 11 is 1.43. The van der Waals surface area contributed by atoms with Crippen molar-refractivity contribution in [1.82, 2.24) is 9.29 Å². The van der Waals surface area contributed by atoms with E-state index in [0.717, 1.165) is 0 Å². The molecule has 8 heteroatoms. The molecular weight excluding hydrogens is 298 g/mol. The number of rotatable bonds is 5. The van der Waals surface area contributed by atoms with E-state index in [1.165, 1.54) is 48.0 Å². The minimum atomic E-state index is -3.60. The van der Waals surface area contributed by atoms with Crippen molar-refractivity contribution in [3.63, 3.8) is 0 Å². The molecule has 0 aliphatic carbocycles. The highest BCUT2D eigenvalue weighted by Gasteiger charge is 2.22. The fraction of sp³-hybridized carbons (Fsp3) is 0.250. The van der Waals surface area contributed by atoms with Gasteiger partial charge in [0.25, 0.3) is 0 Å². The van der Waals surface area contributed by atoms with Gasteiger partial charge in [-0.2, -0.15) is 4.31 Å². The maximum Gasteiger partial charge on any atom is 0.243 e. The number of aromatic nitrogens is 1. The highest BCUT2D eigenvalue weighted by atomic mass is 32.2. The van der Waals surface area contributed by atoms with Crippen LogP contribution in [0.5, 0.6) is 5.75 Å². The van der Waals surface area contributed by atoms with Crippen molar-refractivity contribution in [2.45, 2.75) is 11.4 Å². The molecule has 0 aliphatic heterocycles. The molecule has 20 heavy (non-hydrogen) atoms. The molecule has 0 aliphatic rings. The van der Waals surface area contributed by atoms with E-state index in [1.807, 2.05) is 5.38 Å². The molecule has 0 saturated carbocycles. The fourth-order valence-corrected chi connectivity index (χ4v) is 3.37. The molecule has 0 fully saturated rings. The van der Waals surface area contributed by atoms with Crippen LogP contribution in [0.2, 0.25) is 0 Å². The second-order valence-electron chi connectivity index (χ2n) is 4.14. The third-order valence-corrected chi connectivity index (χ3v) is 5.22. The van der Waals surface area contributed by atoms with Crippen LogP contribution in [-0.4, -0.2) is 31.9 Å². The minimum Gasteiger partial charge on any atom is -0.495 e. The monoisotopic (exact) mass is 313 g/mol. The SMILES string of the molecule is COc1cc(S(=O)(=O)N(C)Cc2cscn2)ccc1N. The summed E-state index contributed by atoms with van der Waals surface area (Å²) in [7, 11) is -0.645. The highest BCUT2D eigenvalue weighted by Crippen LogP contribution is 2.26. The Hall–Kier alpha value is -1.64. The molecule has 6 nitrogen and oxygen atoms in total. The molecule has 108 valence electrons. The van der Waals surface area contributed by atoms with Crippen molar-refractivity contribution in [2.75, 3.05) is 19.9 Å². The van der Waals surface area contributed by atoms with E-state index < -0.39 is 10.0 Å². The molecule has 0 bridgehead atoms. The van der Waals surface area contributed by atoms with E-state index in [2.05, 4.69) is 4.98 Å². The number of benzene rings is 1. The zero-order valence-electron chi connectivity index (χ0n) is 11.1. The summed E-state index contributed by atoms with van der Waals surface area (Å²) in [6.45, 7) is 0.221. The van der Waals surface area contributed by atoms with Crippen LogP contribution in [0.15, 0.2) is 34.0 Å². The van der Waals surface area contributed by atoms with Crippen LogP contribution < -0.4 is 10.5 Å². The highest BCUT2D eigenvalue weighted by molar-refractivity contribution is 7.89. The summed E-state index contributed by atoms with van der Waals surface area (Å²) in [5.74, 6) is 0.341. The Bertz CT molecular complexity index is 684.